The predicted octanol–water partition coefficient (Wildman–Crippen LogP) is 3.17. The summed E-state index contributed by atoms with van der Waals surface area (Å²) in [6.07, 6.45) is 3.89. The van der Waals surface area contributed by atoms with Crippen LogP contribution >= 0.6 is 11.6 Å². The molecule has 3 N–H and O–H groups in total. The van der Waals surface area contributed by atoms with E-state index in [1.54, 1.807) is 38.2 Å². The molecule has 3 amide bonds. The van der Waals surface area contributed by atoms with E-state index in [9.17, 15) is 18.8 Å². The number of fused-ring (bicyclic) bond motifs is 1. The van der Waals surface area contributed by atoms with E-state index in [-0.39, 0.29) is 30.2 Å². The number of rotatable bonds is 3. The van der Waals surface area contributed by atoms with Crippen molar-refractivity contribution in [2.45, 2.75) is 63.8 Å². The fraction of sp³-hybridized carbons (Fsp3) is 0.433. The third kappa shape index (κ3) is 7.82. The first kappa shape index (κ1) is 29.6. The van der Waals surface area contributed by atoms with Gasteiger partial charge in [-0.2, -0.15) is 0 Å². The number of allylic oxidation sites excluding steroid dienone is 1. The lowest BCUT2D eigenvalue weighted by Crippen LogP contribution is -2.56. The van der Waals surface area contributed by atoms with Gasteiger partial charge in [0, 0.05) is 31.6 Å². The van der Waals surface area contributed by atoms with E-state index < -0.39 is 24.0 Å². The number of nitrogens with one attached hydrogen (secondary N) is 3. The normalized spacial score (nSPS) is 25.0. The number of likely N-dealkylation sites (N-methyl/N-ethyl adjacent to an activating group) is 1. The van der Waals surface area contributed by atoms with E-state index in [1.165, 1.54) is 17.0 Å². The Bertz CT molecular complexity index is 1270. The molecule has 1 aliphatic heterocycles. The van der Waals surface area contributed by atoms with Gasteiger partial charge >= 0.3 is 0 Å². The van der Waals surface area contributed by atoms with Crippen LogP contribution in [0.15, 0.2) is 54.1 Å². The summed E-state index contributed by atoms with van der Waals surface area (Å²) in [4.78, 5) is 41.3. The van der Waals surface area contributed by atoms with E-state index in [1.807, 2.05) is 19.1 Å². The van der Waals surface area contributed by atoms with Gasteiger partial charge in [0.25, 0.3) is 0 Å². The molecular weight excluding hydrogens is 535 g/mol. The van der Waals surface area contributed by atoms with Gasteiger partial charge < -0.3 is 20.3 Å². The number of carbonyl (C=O) groups excluding carboxylic acids is 3. The highest BCUT2D eigenvalue weighted by Gasteiger charge is 2.34. The second kappa shape index (κ2) is 13.3. The van der Waals surface area contributed by atoms with Crippen LogP contribution in [0, 0.1) is 5.82 Å². The predicted molar refractivity (Wildman–Crippen MR) is 152 cm³/mol. The Hall–Kier alpha value is -3.43. The van der Waals surface area contributed by atoms with Gasteiger partial charge in [-0.1, -0.05) is 35.9 Å². The molecular formula is C30H36ClFN4O4. The van der Waals surface area contributed by atoms with E-state index >= 15 is 0 Å². The van der Waals surface area contributed by atoms with Gasteiger partial charge in [-0.25, -0.2) is 4.39 Å². The second-order valence-electron chi connectivity index (χ2n) is 10.4. The highest BCUT2D eigenvalue weighted by Crippen LogP contribution is 2.27. The Labute approximate surface area is 239 Å². The van der Waals surface area contributed by atoms with Crippen molar-refractivity contribution < 1.29 is 23.5 Å². The van der Waals surface area contributed by atoms with Gasteiger partial charge in [-0.05, 0) is 74.1 Å². The van der Waals surface area contributed by atoms with E-state index in [0.717, 1.165) is 17.6 Å². The lowest BCUT2D eigenvalue weighted by Gasteiger charge is -2.30. The topological polar surface area (TPSA) is 99.8 Å². The van der Waals surface area contributed by atoms with Crippen molar-refractivity contribution in [3.05, 3.63) is 76.1 Å². The molecule has 0 fully saturated rings. The Morgan fingerprint density at radius 2 is 1.80 bits per heavy atom. The molecule has 1 heterocycles. The summed E-state index contributed by atoms with van der Waals surface area (Å²) in [7, 11) is 1.58. The van der Waals surface area contributed by atoms with Crippen LogP contribution in [0.1, 0.15) is 37.8 Å². The van der Waals surface area contributed by atoms with Crippen molar-refractivity contribution >= 4 is 29.3 Å². The first-order valence-electron chi connectivity index (χ1n) is 13.6. The van der Waals surface area contributed by atoms with Crippen LogP contribution in [0.2, 0.25) is 5.02 Å². The number of hydrogen-bond acceptors (Lipinski definition) is 5. The molecule has 0 saturated carbocycles. The van der Waals surface area contributed by atoms with Gasteiger partial charge in [0.1, 0.15) is 35.8 Å². The number of benzene rings is 2. The van der Waals surface area contributed by atoms with Crippen LogP contribution in [0.3, 0.4) is 0 Å². The fourth-order valence-electron chi connectivity index (χ4n) is 4.60. The van der Waals surface area contributed by atoms with Crippen LogP contribution < -0.4 is 20.7 Å². The summed E-state index contributed by atoms with van der Waals surface area (Å²) in [6.45, 7) is 4.33. The number of amides is 3. The zero-order chi connectivity index (χ0) is 28.8. The highest BCUT2D eigenvalue weighted by atomic mass is 35.5. The minimum atomic E-state index is -0.905. The Balaban J connectivity index is 1.58. The SMILES string of the molecule is C[C@@H]1CN[C@@H](C2=CC2)C(=O)N(C)[C@H](C)C(=O)N[C@H](Cc2ccc(F)cc2)C(=O)NCCCc2ccc(Cl)cc2O1. The number of halogens is 2. The molecule has 2 aromatic carbocycles. The lowest BCUT2D eigenvalue weighted by atomic mass is 10.0. The summed E-state index contributed by atoms with van der Waals surface area (Å²) in [5.74, 6) is -0.781. The van der Waals surface area contributed by atoms with Gasteiger partial charge in [0.15, 0.2) is 0 Å². The van der Waals surface area contributed by atoms with Crippen molar-refractivity contribution in [3.8, 4) is 5.75 Å². The summed E-state index contributed by atoms with van der Waals surface area (Å²) in [5.41, 5.74) is 2.61. The number of nitrogens with zero attached hydrogens (tertiary/aromatic N) is 1. The number of aryl methyl sites for hydroxylation is 1. The molecule has 0 spiro atoms. The first-order valence-corrected chi connectivity index (χ1v) is 14.0. The molecule has 0 radical (unpaired) electrons. The van der Waals surface area contributed by atoms with Crippen LogP contribution in [-0.2, 0) is 27.2 Å². The van der Waals surface area contributed by atoms with Crippen LogP contribution in [0.4, 0.5) is 4.39 Å². The van der Waals surface area contributed by atoms with Crippen molar-refractivity contribution in [3.63, 3.8) is 0 Å². The molecule has 4 atom stereocenters. The summed E-state index contributed by atoms with van der Waals surface area (Å²) >= 11 is 6.25. The third-order valence-corrected chi connectivity index (χ3v) is 7.48. The third-order valence-electron chi connectivity index (χ3n) is 7.24. The van der Waals surface area contributed by atoms with Crippen LogP contribution in [0.25, 0.3) is 0 Å². The van der Waals surface area contributed by atoms with Gasteiger partial charge in [0.2, 0.25) is 17.7 Å². The zero-order valence-corrected chi connectivity index (χ0v) is 23.8. The second-order valence-corrected chi connectivity index (χ2v) is 10.9. The van der Waals surface area contributed by atoms with E-state index in [0.29, 0.717) is 42.3 Å². The summed E-state index contributed by atoms with van der Waals surface area (Å²) in [5, 5.41) is 9.59. The molecule has 4 rings (SSSR count). The molecule has 1 aliphatic carbocycles. The molecule has 8 nitrogen and oxygen atoms in total. The largest absolute Gasteiger partial charge is 0.489 e. The summed E-state index contributed by atoms with van der Waals surface area (Å²) < 4.78 is 19.7. The molecule has 0 unspecified atom stereocenters. The van der Waals surface area contributed by atoms with Crippen molar-refractivity contribution in [2.75, 3.05) is 20.1 Å². The standard InChI is InChI=1S/C30H36ClFN4O4/c1-18-17-34-27(22-8-9-22)30(39)36(3)19(2)28(37)35-25(15-20-6-12-24(32)13-7-20)29(38)33-14-4-5-21-10-11-23(31)16-26(21)40-18/h6-8,10-13,16,18-19,25,27,34H,4-5,9,14-15,17H2,1-3H3,(H,33,38)(H,35,37)/t18-,19-,25-,27+/m1/s1. The maximum Gasteiger partial charge on any atom is 0.244 e. The molecule has 0 bridgehead atoms. The Kier molecular flexibility index (Phi) is 9.81. The van der Waals surface area contributed by atoms with Crippen molar-refractivity contribution in [1.29, 1.82) is 0 Å². The molecule has 0 aromatic heterocycles. The minimum absolute atomic E-state index is 0.173. The number of carbonyl (C=O) groups is 3. The average Bonchev–Trinajstić information content (AvgIpc) is 3.76. The maximum absolute atomic E-state index is 13.5. The van der Waals surface area contributed by atoms with E-state index in [4.69, 9.17) is 16.3 Å². The smallest absolute Gasteiger partial charge is 0.244 e. The highest BCUT2D eigenvalue weighted by molar-refractivity contribution is 6.30. The monoisotopic (exact) mass is 570 g/mol. The molecule has 0 saturated heterocycles. The van der Waals surface area contributed by atoms with Crippen molar-refractivity contribution in [1.82, 2.24) is 20.9 Å². The zero-order valence-electron chi connectivity index (χ0n) is 23.0. The minimum Gasteiger partial charge on any atom is -0.489 e. The number of ether oxygens (including phenoxy) is 1. The lowest BCUT2D eigenvalue weighted by molar-refractivity contribution is -0.140. The first-order chi connectivity index (χ1) is 19.1. The van der Waals surface area contributed by atoms with Gasteiger partial charge in [0.05, 0.1) is 0 Å². The average molecular weight is 571 g/mol. The van der Waals surface area contributed by atoms with Gasteiger partial charge in [-0.15, -0.1) is 0 Å². The fourth-order valence-corrected chi connectivity index (χ4v) is 4.76. The van der Waals surface area contributed by atoms with E-state index in [2.05, 4.69) is 16.0 Å². The van der Waals surface area contributed by atoms with Gasteiger partial charge in [-0.3, -0.25) is 19.7 Å². The number of hydrogen-bond donors (Lipinski definition) is 3. The molecule has 10 heteroatoms. The molecule has 2 aliphatic rings. The van der Waals surface area contributed by atoms with Crippen LogP contribution in [-0.4, -0.2) is 67.0 Å². The maximum atomic E-state index is 13.5. The quantitative estimate of drug-likeness (QED) is 0.492. The summed E-state index contributed by atoms with van der Waals surface area (Å²) in [6, 6.07) is 8.98. The van der Waals surface area contributed by atoms with Crippen LogP contribution in [0.5, 0.6) is 5.75 Å². The molecule has 214 valence electrons. The molecule has 2 aromatic rings. The Morgan fingerprint density at radius 3 is 2.50 bits per heavy atom. The Morgan fingerprint density at radius 1 is 1.07 bits per heavy atom. The van der Waals surface area contributed by atoms with Crippen molar-refractivity contribution in [2.24, 2.45) is 0 Å². The molecule has 40 heavy (non-hydrogen) atoms.